The van der Waals surface area contributed by atoms with E-state index in [9.17, 15) is 0 Å². The van der Waals surface area contributed by atoms with Gasteiger partial charge in [0.15, 0.2) is 0 Å². The molecule has 0 aliphatic heterocycles. The lowest BCUT2D eigenvalue weighted by Crippen LogP contribution is -2.31. The summed E-state index contributed by atoms with van der Waals surface area (Å²) in [6.07, 6.45) is 3.76. The van der Waals surface area contributed by atoms with Crippen LogP contribution in [-0.2, 0) is 6.54 Å². The fraction of sp³-hybridized carbons (Fsp3) is 0.583. The van der Waals surface area contributed by atoms with E-state index in [0.717, 1.165) is 26.2 Å². The summed E-state index contributed by atoms with van der Waals surface area (Å²) in [7, 11) is 4.22. The van der Waals surface area contributed by atoms with Crippen molar-refractivity contribution in [3.63, 3.8) is 0 Å². The van der Waals surface area contributed by atoms with Gasteiger partial charge in [0.2, 0.25) is 0 Å². The molecular formula is C12H21N3. The maximum absolute atomic E-state index is 4.13. The molecule has 84 valence electrons. The first kappa shape index (κ1) is 12.1. The van der Waals surface area contributed by atoms with Crippen LogP contribution in [0.15, 0.2) is 24.5 Å². The minimum absolute atomic E-state index is 0.998. The van der Waals surface area contributed by atoms with E-state index >= 15 is 0 Å². The number of hydrogen-bond acceptors (Lipinski definition) is 3. The van der Waals surface area contributed by atoms with Crippen LogP contribution >= 0.6 is 0 Å². The summed E-state index contributed by atoms with van der Waals surface area (Å²) >= 11 is 0. The highest BCUT2D eigenvalue weighted by molar-refractivity contribution is 5.07. The molecule has 0 spiro atoms. The van der Waals surface area contributed by atoms with Crippen LogP contribution in [0.2, 0.25) is 0 Å². The van der Waals surface area contributed by atoms with Crippen molar-refractivity contribution in [2.75, 3.05) is 33.7 Å². The predicted octanol–water partition coefficient (Wildman–Crippen LogP) is 1.47. The summed E-state index contributed by atoms with van der Waals surface area (Å²) in [6, 6.07) is 4.13. The van der Waals surface area contributed by atoms with Crippen LogP contribution in [0.25, 0.3) is 0 Å². The first-order chi connectivity index (χ1) is 7.22. The number of hydrogen-bond donors (Lipinski definition) is 0. The fourth-order valence-electron chi connectivity index (χ4n) is 1.44. The molecule has 3 nitrogen and oxygen atoms in total. The molecule has 0 atom stereocenters. The first-order valence-electron chi connectivity index (χ1n) is 5.48. The highest BCUT2D eigenvalue weighted by Gasteiger charge is 2.03. The van der Waals surface area contributed by atoms with Gasteiger partial charge in [-0.05, 0) is 32.3 Å². The van der Waals surface area contributed by atoms with E-state index in [1.165, 1.54) is 5.56 Å². The Labute approximate surface area is 92.7 Å². The Hall–Kier alpha value is -0.930. The van der Waals surface area contributed by atoms with Crippen LogP contribution in [0.5, 0.6) is 0 Å². The van der Waals surface area contributed by atoms with E-state index < -0.39 is 0 Å². The Morgan fingerprint density at radius 3 is 2.60 bits per heavy atom. The molecule has 0 aliphatic carbocycles. The van der Waals surface area contributed by atoms with Gasteiger partial charge in [0.1, 0.15) is 0 Å². The third-order valence-electron chi connectivity index (χ3n) is 2.44. The monoisotopic (exact) mass is 207 g/mol. The van der Waals surface area contributed by atoms with Crippen molar-refractivity contribution in [1.29, 1.82) is 0 Å². The third-order valence-corrected chi connectivity index (χ3v) is 2.44. The van der Waals surface area contributed by atoms with E-state index in [4.69, 9.17) is 0 Å². The molecule has 0 unspecified atom stereocenters. The second-order valence-electron chi connectivity index (χ2n) is 4.03. The number of nitrogens with zero attached hydrogens (tertiary/aromatic N) is 3. The normalized spacial score (nSPS) is 11.3. The fourth-order valence-corrected chi connectivity index (χ4v) is 1.44. The molecule has 0 aliphatic rings. The van der Waals surface area contributed by atoms with E-state index in [0.29, 0.717) is 0 Å². The summed E-state index contributed by atoms with van der Waals surface area (Å²) in [5, 5.41) is 0. The quantitative estimate of drug-likeness (QED) is 0.704. The van der Waals surface area contributed by atoms with Gasteiger partial charge in [-0.15, -0.1) is 0 Å². The Morgan fingerprint density at radius 1 is 1.27 bits per heavy atom. The second-order valence-corrected chi connectivity index (χ2v) is 4.03. The van der Waals surface area contributed by atoms with Gasteiger partial charge in [0.25, 0.3) is 0 Å². The molecule has 0 N–H and O–H groups in total. The molecule has 0 amide bonds. The van der Waals surface area contributed by atoms with Gasteiger partial charge in [0, 0.05) is 32.0 Å². The highest BCUT2D eigenvalue weighted by atomic mass is 15.2. The Morgan fingerprint density at radius 2 is 2.07 bits per heavy atom. The van der Waals surface area contributed by atoms with Gasteiger partial charge in [-0.1, -0.05) is 13.0 Å². The molecule has 1 aromatic heterocycles. The summed E-state index contributed by atoms with van der Waals surface area (Å²) in [6.45, 7) is 6.50. The summed E-state index contributed by atoms with van der Waals surface area (Å²) in [5.74, 6) is 0. The maximum Gasteiger partial charge on any atom is 0.0312 e. The van der Waals surface area contributed by atoms with Gasteiger partial charge in [-0.3, -0.25) is 9.88 Å². The minimum atomic E-state index is 0.998. The van der Waals surface area contributed by atoms with Crippen molar-refractivity contribution in [3.8, 4) is 0 Å². The number of likely N-dealkylation sites (N-methyl/N-ethyl adjacent to an activating group) is 2. The molecule has 0 fully saturated rings. The van der Waals surface area contributed by atoms with Gasteiger partial charge in [0.05, 0.1) is 0 Å². The van der Waals surface area contributed by atoms with E-state index in [2.05, 4.69) is 41.9 Å². The van der Waals surface area contributed by atoms with Crippen LogP contribution in [0, 0.1) is 0 Å². The van der Waals surface area contributed by atoms with Gasteiger partial charge in [-0.2, -0.15) is 0 Å². The average Bonchev–Trinajstić information content (AvgIpc) is 2.25. The van der Waals surface area contributed by atoms with Gasteiger partial charge >= 0.3 is 0 Å². The Bertz CT molecular complexity index is 259. The SMILES string of the molecule is CCN(CCN(C)C)Cc1cccnc1. The zero-order chi connectivity index (χ0) is 11.1. The van der Waals surface area contributed by atoms with Crippen molar-refractivity contribution in [3.05, 3.63) is 30.1 Å². The smallest absolute Gasteiger partial charge is 0.0312 e. The lowest BCUT2D eigenvalue weighted by Gasteiger charge is -2.22. The molecule has 0 saturated carbocycles. The molecule has 0 bridgehead atoms. The zero-order valence-corrected chi connectivity index (χ0v) is 9.98. The van der Waals surface area contributed by atoms with E-state index in [1.807, 2.05) is 18.5 Å². The van der Waals surface area contributed by atoms with E-state index in [1.54, 1.807) is 0 Å². The molecule has 0 aromatic carbocycles. The summed E-state index contributed by atoms with van der Waals surface area (Å²) in [5.41, 5.74) is 1.29. The number of pyridine rings is 1. The molecular weight excluding hydrogens is 186 g/mol. The lowest BCUT2D eigenvalue weighted by molar-refractivity contribution is 0.244. The lowest BCUT2D eigenvalue weighted by atomic mass is 10.2. The summed E-state index contributed by atoms with van der Waals surface area (Å²) < 4.78 is 0. The molecule has 1 rings (SSSR count). The molecule has 0 saturated heterocycles. The van der Waals surface area contributed by atoms with Crippen LogP contribution in [0.3, 0.4) is 0 Å². The summed E-state index contributed by atoms with van der Waals surface area (Å²) in [4.78, 5) is 8.77. The van der Waals surface area contributed by atoms with Crippen molar-refractivity contribution < 1.29 is 0 Å². The van der Waals surface area contributed by atoms with Crippen molar-refractivity contribution in [2.45, 2.75) is 13.5 Å². The third kappa shape index (κ3) is 4.91. The molecule has 3 heteroatoms. The van der Waals surface area contributed by atoms with Crippen molar-refractivity contribution in [2.24, 2.45) is 0 Å². The first-order valence-corrected chi connectivity index (χ1v) is 5.48. The molecule has 1 aromatic rings. The topological polar surface area (TPSA) is 19.4 Å². The van der Waals surface area contributed by atoms with Crippen molar-refractivity contribution in [1.82, 2.24) is 14.8 Å². The van der Waals surface area contributed by atoms with E-state index in [-0.39, 0.29) is 0 Å². The average molecular weight is 207 g/mol. The largest absolute Gasteiger partial charge is 0.308 e. The number of rotatable bonds is 6. The molecule has 15 heavy (non-hydrogen) atoms. The second kappa shape index (κ2) is 6.53. The van der Waals surface area contributed by atoms with Crippen LogP contribution < -0.4 is 0 Å². The van der Waals surface area contributed by atoms with Crippen LogP contribution in [-0.4, -0.2) is 48.5 Å². The van der Waals surface area contributed by atoms with Crippen LogP contribution in [0.4, 0.5) is 0 Å². The Kier molecular flexibility index (Phi) is 5.29. The predicted molar refractivity (Wildman–Crippen MR) is 63.7 cm³/mol. The van der Waals surface area contributed by atoms with Gasteiger partial charge in [-0.25, -0.2) is 0 Å². The number of aromatic nitrogens is 1. The molecule has 1 heterocycles. The molecule has 0 radical (unpaired) electrons. The zero-order valence-electron chi connectivity index (χ0n) is 9.98. The highest BCUT2D eigenvalue weighted by Crippen LogP contribution is 2.02. The van der Waals surface area contributed by atoms with Crippen molar-refractivity contribution >= 4 is 0 Å². The van der Waals surface area contributed by atoms with Gasteiger partial charge < -0.3 is 4.90 Å². The maximum atomic E-state index is 4.13. The standard InChI is InChI=1S/C12H21N3/c1-4-15(9-8-14(2)3)11-12-6-5-7-13-10-12/h5-7,10H,4,8-9,11H2,1-3H3. The minimum Gasteiger partial charge on any atom is -0.308 e. The van der Waals surface area contributed by atoms with Crippen LogP contribution in [0.1, 0.15) is 12.5 Å². The Balaban J connectivity index is 2.40.